The van der Waals surface area contributed by atoms with Crippen molar-refractivity contribution in [1.29, 1.82) is 0 Å². The molecule has 0 saturated carbocycles. The summed E-state index contributed by atoms with van der Waals surface area (Å²) in [5, 5.41) is 2.96. The normalized spacial score (nSPS) is 17.2. The van der Waals surface area contributed by atoms with Crippen LogP contribution in [0.15, 0.2) is 65.6 Å². The number of nitrogens with zero attached hydrogens (tertiary/aromatic N) is 1. The highest BCUT2D eigenvalue weighted by molar-refractivity contribution is 7.89. The molecule has 1 heterocycles. The highest BCUT2D eigenvalue weighted by Gasteiger charge is 2.30. The zero-order chi connectivity index (χ0) is 20.0. The van der Waals surface area contributed by atoms with Crippen LogP contribution in [0.3, 0.4) is 0 Å². The summed E-state index contributed by atoms with van der Waals surface area (Å²) in [7, 11) is -1.93. The predicted octanol–water partition coefficient (Wildman–Crippen LogP) is 2.59. The molecule has 7 heteroatoms. The van der Waals surface area contributed by atoms with Gasteiger partial charge in [-0.15, -0.1) is 0 Å². The summed E-state index contributed by atoms with van der Waals surface area (Å²) < 4.78 is 32.2. The molecule has 6 nitrogen and oxygen atoms in total. The Morgan fingerprint density at radius 2 is 1.64 bits per heavy atom. The van der Waals surface area contributed by atoms with Crippen LogP contribution in [0, 0.1) is 5.92 Å². The van der Waals surface area contributed by atoms with Crippen molar-refractivity contribution in [3.63, 3.8) is 0 Å². The summed E-state index contributed by atoms with van der Waals surface area (Å²) in [6, 6.07) is 17.9. The average Bonchev–Trinajstić information content (AvgIpc) is 2.74. The van der Waals surface area contributed by atoms with Crippen LogP contribution < -0.4 is 5.32 Å². The molecule has 0 aromatic heterocycles. The fraction of sp³-hybridized carbons (Fsp3) is 0.381. The Morgan fingerprint density at radius 1 is 1.07 bits per heavy atom. The van der Waals surface area contributed by atoms with Crippen molar-refractivity contribution in [3.8, 4) is 0 Å². The van der Waals surface area contributed by atoms with E-state index in [1.165, 1.54) is 11.4 Å². The molecule has 1 amide bonds. The molecular weight excluding hydrogens is 376 g/mol. The van der Waals surface area contributed by atoms with Crippen LogP contribution >= 0.6 is 0 Å². The van der Waals surface area contributed by atoms with E-state index in [-0.39, 0.29) is 11.8 Å². The number of nitrogens with one attached hydrogen (secondary N) is 1. The van der Waals surface area contributed by atoms with Gasteiger partial charge in [0, 0.05) is 26.7 Å². The van der Waals surface area contributed by atoms with Crippen molar-refractivity contribution < 1.29 is 17.9 Å². The molecule has 28 heavy (non-hydrogen) atoms. The van der Waals surface area contributed by atoms with E-state index in [0.29, 0.717) is 24.5 Å². The molecule has 1 aliphatic rings. The molecule has 2 aromatic rings. The molecule has 1 N–H and O–H groups in total. The molecular formula is C21H26N2O4S. The van der Waals surface area contributed by atoms with Crippen LogP contribution in [-0.4, -0.2) is 45.4 Å². The predicted molar refractivity (Wildman–Crippen MR) is 107 cm³/mol. The third-order valence-corrected chi connectivity index (χ3v) is 7.01. The Balaban J connectivity index is 1.51. The minimum absolute atomic E-state index is 0.173. The molecule has 1 atom stereocenters. The maximum atomic E-state index is 12.7. The second kappa shape index (κ2) is 9.32. The van der Waals surface area contributed by atoms with E-state index in [2.05, 4.69) is 5.32 Å². The highest BCUT2D eigenvalue weighted by Crippen LogP contribution is 2.24. The highest BCUT2D eigenvalue weighted by atomic mass is 32.2. The number of piperidine rings is 1. The number of hydrogen-bond donors (Lipinski definition) is 1. The van der Waals surface area contributed by atoms with Gasteiger partial charge in [0.25, 0.3) is 5.91 Å². The molecule has 1 saturated heterocycles. The van der Waals surface area contributed by atoms with E-state index < -0.39 is 16.1 Å². The number of sulfonamides is 1. The Labute approximate surface area is 166 Å². The zero-order valence-electron chi connectivity index (χ0n) is 16.0. The first kappa shape index (κ1) is 20.5. The number of ether oxygens (including phenoxy) is 1. The van der Waals surface area contributed by atoms with Crippen LogP contribution in [0.25, 0.3) is 0 Å². The number of carbonyl (C=O) groups is 1. The number of rotatable bonds is 7. The smallest absolute Gasteiger partial charge is 0.253 e. The lowest BCUT2D eigenvalue weighted by molar-refractivity contribution is -0.131. The van der Waals surface area contributed by atoms with Crippen molar-refractivity contribution in [2.45, 2.75) is 23.8 Å². The van der Waals surface area contributed by atoms with Gasteiger partial charge in [0.05, 0.1) is 4.90 Å². The second-order valence-electron chi connectivity index (χ2n) is 6.93. The quantitative estimate of drug-likeness (QED) is 0.772. The Bertz CT molecular complexity index is 864. The lowest BCUT2D eigenvalue weighted by Crippen LogP contribution is -2.42. The van der Waals surface area contributed by atoms with Crippen molar-refractivity contribution in [2.24, 2.45) is 5.92 Å². The molecule has 150 valence electrons. The maximum Gasteiger partial charge on any atom is 0.253 e. The molecule has 0 spiro atoms. The third kappa shape index (κ3) is 4.79. The molecule has 3 rings (SSSR count). The Kier molecular flexibility index (Phi) is 6.83. The molecule has 1 fully saturated rings. The van der Waals surface area contributed by atoms with Gasteiger partial charge in [-0.3, -0.25) is 4.79 Å². The van der Waals surface area contributed by atoms with E-state index in [1.54, 1.807) is 30.3 Å². The van der Waals surface area contributed by atoms with Crippen LogP contribution in [-0.2, 0) is 19.6 Å². The van der Waals surface area contributed by atoms with Gasteiger partial charge in [-0.25, -0.2) is 8.42 Å². The number of hydrogen-bond acceptors (Lipinski definition) is 4. The van der Waals surface area contributed by atoms with Gasteiger partial charge >= 0.3 is 0 Å². The average molecular weight is 403 g/mol. The number of benzene rings is 2. The largest absolute Gasteiger partial charge is 0.367 e. The molecule has 0 aliphatic carbocycles. The van der Waals surface area contributed by atoms with Crippen molar-refractivity contribution in [3.05, 3.63) is 66.2 Å². The lowest BCUT2D eigenvalue weighted by atomic mass is 9.98. The van der Waals surface area contributed by atoms with Gasteiger partial charge in [0.1, 0.15) is 0 Å². The zero-order valence-corrected chi connectivity index (χ0v) is 16.8. The first-order valence-electron chi connectivity index (χ1n) is 9.43. The van der Waals surface area contributed by atoms with Gasteiger partial charge in [-0.2, -0.15) is 4.31 Å². The SMILES string of the molecule is COC(C(=O)NCC1CCN(S(=O)(=O)c2ccccc2)CC1)c1ccccc1. The van der Waals surface area contributed by atoms with Crippen LogP contribution in [0.5, 0.6) is 0 Å². The molecule has 1 unspecified atom stereocenters. The Hall–Kier alpha value is -2.22. The minimum atomic E-state index is -3.44. The van der Waals surface area contributed by atoms with Crippen LogP contribution in [0.2, 0.25) is 0 Å². The van der Waals surface area contributed by atoms with E-state index in [1.807, 2.05) is 30.3 Å². The summed E-state index contributed by atoms with van der Waals surface area (Å²) in [5.41, 5.74) is 0.811. The van der Waals surface area contributed by atoms with Gasteiger partial charge in [-0.05, 0) is 36.5 Å². The van der Waals surface area contributed by atoms with Crippen LogP contribution in [0.1, 0.15) is 24.5 Å². The van der Waals surface area contributed by atoms with Crippen LogP contribution in [0.4, 0.5) is 0 Å². The fourth-order valence-corrected chi connectivity index (χ4v) is 4.95. The molecule has 1 aliphatic heterocycles. The number of carbonyl (C=O) groups excluding carboxylic acids is 1. The van der Waals surface area contributed by atoms with Crippen molar-refractivity contribution in [2.75, 3.05) is 26.7 Å². The summed E-state index contributed by atoms with van der Waals surface area (Å²) in [4.78, 5) is 12.8. The first-order valence-corrected chi connectivity index (χ1v) is 10.9. The summed E-state index contributed by atoms with van der Waals surface area (Å²) in [6.07, 6.45) is 0.796. The van der Waals surface area contributed by atoms with Gasteiger partial charge in [-0.1, -0.05) is 48.5 Å². The molecule has 2 aromatic carbocycles. The Morgan fingerprint density at radius 3 is 2.21 bits per heavy atom. The summed E-state index contributed by atoms with van der Waals surface area (Å²) in [5.74, 6) is 0.0764. The van der Waals surface area contributed by atoms with E-state index in [0.717, 1.165) is 18.4 Å². The molecule has 0 radical (unpaired) electrons. The number of amides is 1. The number of methoxy groups -OCH3 is 1. The van der Waals surface area contributed by atoms with E-state index >= 15 is 0 Å². The van der Waals surface area contributed by atoms with Gasteiger partial charge in [0.2, 0.25) is 10.0 Å². The van der Waals surface area contributed by atoms with Gasteiger partial charge in [0.15, 0.2) is 6.10 Å². The van der Waals surface area contributed by atoms with Gasteiger partial charge < -0.3 is 10.1 Å². The summed E-state index contributed by atoms with van der Waals surface area (Å²) in [6.45, 7) is 1.44. The third-order valence-electron chi connectivity index (χ3n) is 5.10. The molecule has 0 bridgehead atoms. The van der Waals surface area contributed by atoms with Crippen molar-refractivity contribution >= 4 is 15.9 Å². The minimum Gasteiger partial charge on any atom is -0.367 e. The standard InChI is InChI=1S/C21H26N2O4S/c1-27-20(18-8-4-2-5-9-18)21(24)22-16-17-12-14-23(15-13-17)28(25,26)19-10-6-3-7-11-19/h2-11,17,20H,12-16H2,1H3,(H,22,24). The van der Waals surface area contributed by atoms with E-state index in [4.69, 9.17) is 4.74 Å². The maximum absolute atomic E-state index is 12.7. The van der Waals surface area contributed by atoms with E-state index in [9.17, 15) is 13.2 Å². The second-order valence-corrected chi connectivity index (χ2v) is 8.87. The first-order chi connectivity index (χ1) is 13.5. The summed E-state index contributed by atoms with van der Waals surface area (Å²) >= 11 is 0. The van der Waals surface area contributed by atoms with Crippen molar-refractivity contribution in [1.82, 2.24) is 9.62 Å². The fourth-order valence-electron chi connectivity index (χ4n) is 3.46. The topological polar surface area (TPSA) is 75.7 Å². The monoisotopic (exact) mass is 402 g/mol. The lowest BCUT2D eigenvalue weighted by Gasteiger charge is -2.31.